The predicted octanol–water partition coefficient (Wildman–Crippen LogP) is 2.63. The van der Waals surface area contributed by atoms with Gasteiger partial charge in [0, 0.05) is 5.69 Å². The van der Waals surface area contributed by atoms with Crippen molar-refractivity contribution in [3.8, 4) is 0 Å². The number of rotatable bonds is 1. The minimum atomic E-state index is -0.772. The summed E-state index contributed by atoms with van der Waals surface area (Å²) in [6, 6.07) is 13.6. The lowest BCUT2D eigenvalue weighted by Crippen LogP contribution is -2.47. The molecular weight excluding hydrogens is 304 g/mol. The van der Waals surface area contributed by atoms with Gasteiger partial charge in [-0.15, -0.1) is 0 Å². The van der Waals surface area contributed by atoms with Crippen LogP contribution in [0.2, 0.25) is 0 Å². The Morgan fingerprint density at radius 1 is 0.875 bits per heavy atom. The third-order valence-electron chi connectivity index (χ3n) is 4.64. The molecule has 2 aliphatic heterocycles. The average molecular weight is 320 g/mol. The largest absolute Gasteiger partial charge is 0.324 e. The number of benzene rings is 2. The molecule has 2 heterocycles. The van der Waals surface area contributed by atoms with Gasteiger partial charge in [0.05, 0.1) is 11.1 Å². The number of amides is 3. The van der Waals surface area contributed by atoms with Gasteiger partial charge in [0.1, 0.15) is 6.04 Å². The normalized spacial score (nSPS) is 20.1. The van der Waals surface area contributed by atoms with Gasteiger partial charge in [0.25, 0.3) is 11.8 Å². The van der Waals surface area contributed by atoms with Gasteiger partial charge in [-0.25, -0.2) is 0 Å². The van der Waals surface area contributed by atoms with Gasteiger partial charge in [0.15, 0.2) is 0 Å². The summed E-state index contributed by atoms with van der Waals surface area (Å²) >= 11 is 0. The Morgan fingerprint density at radius 3 is 2.21 bits per heavy atom. The number of anilines is 1. The van der Waals surface area contributed by atoms with Crippen molar-refractivity contribution in [1.29, 1.82) is 0 Å². The highest BCUT2D eigenvalue weighted by Gasteiger charge is 2.42. The molecular formula is C19H16N2O3. The van der Waals surface area contributed by atoms with E-state index in [9.17, 15) is 14.4 Å². The minimum absolute atomic E-state index is 0.309. The maximum absolute atomic E-state index is 12.7. The molecule has 5 heteroatoms. The Morgan fingerprint density at radius 2 is 1.50 bits per heavy atom. The SMILES string of the molecule is O=C1Nc2ccccc2CCCC1N1C(=O)c2ccccc2C1=O. The number of nitrogens with one attached hydrogen (secondary N) is 1. The van der Waals surface area contributed by atoms with E-state index in [1.807, 2.05) is 24.3 Å². The van der Waals surface area contributed by atoms with Crippen molar-refractivity contribution < 1.29 is 14.4 Å². The molecule has 24 heavy (non-hydrogen) atoms. The zero-order valence-electron chi connectivity index (χ0n) is 13.0. The van der Waals surface area contributed by atoms with E-state index in [0.29, 0.717) is 17.5 Å². The second-order valence-electron chi connectivity index (χ2n) is 6.08. The van der Waals surface area contributed by atoms with Crippen molar-refractivity contribution in [2.24, 2.45) is 0 Å². The van der Waals surface area contributed by atoms with E-state index in [0.717, 1.165) is 29.0 Å². The Balaban J connectivity index is 1.67. The second kappa shape index (κ2) is 5.60. The molecule has 4 rings (SSSR count). The fraction of sp³-hybridized carbons (Fsp3) is 0.211. The molecule has 2 aromatic carbocycles. The van der Waals surface area contributed by atoms with Crippen LogP contribution >= 0.6 is 0 Å². The molecule has 0 saturated heterocycles. The first-order valence-corrected chi connectivity index (χ1v) is 8.02. The van der Waals surface area contributed by atoms with Crippen molar-refractivity contribution >= 4 is 23.4 Å². The lowest BCUT2D eigenvalue weighted by Gasteiger charge is -2.27. The molecule has 0 aliphatic carbocycles. The summed E-state index contributed by atoms with van der Waals surface area (Å²) in [5.74, 6) is -1.08. The molecule has 0 spiro atoms. The first-order valence-electron chi connectivity index (χ1n) is 8.02. The molecule has 3 amide bonds. The quantitative estimate of drug-likeness (QED) is 0.821. The molecule has 0 aromatic heterocycles. The molecule has 0 radical (unpaired) electrons. The van der Waals surface area contributed by atoms with Crippen molar-refractivity contribution in [2.45, 2.75) is 25.3 Å². The molecule has 120 valence electrons. The molecule has 2 aromatic rings. The van der Waals surface area contributed by atoms with E-state index in [1.165, 1.54) is 0 Å². The highest BCUT2D eigenvalue weighted by molar-refractivity contribution is 6.23. The fourth-order valence-corrected chi connectivity index (χ4v) is 3.43. The van der Waals surface area contributed by atoms with Gasteiger partial charge in [0.2, 0.25) is 5.91 Å². The highest BCUT2D eigenvalue weighted by atomic mass is 16.2. The van der Waals surface area contributed by atoms with Crippen LogP contribution in [-0.2, 0) is 11.2 Å². The molecule has 5 nitrogen and oxygen atoms in total. The fourth-order valence-electron chi connectivity index (χ4n) is 3.43. The summed E-state index contributed by atoms with van der Waals surface area (Å²) < 4.78 is 0. The number of imide groups is 1. The van der Waals surface area contributed by atoms with Crippen LogP contribution in [0.4, 0.5) is 5.69 Å². The summed E-state index contributed by atoms with van der Waals surface area (Å²) in [7, 11) is 0. The van der Waals surface area contributed by atoms with Crippen molar-refractivity contribution in [2.75, 3.05) is 5.32 Å². The summed E-state index contributed by atoms with van der Waals surface area (Å²) in [4.78, 5) is 39.1. The van der Waals surface area contributed by atoms with Crippen LogP contribution in [0, 0.1) is 0 Å². The Labute approximate surface area is 139 Å². The number of carbonyl (C=O) groups is 3. The molecule has 1 N–H and O–H groups in total. The summed E-state index contributed by atoms with van der Waals surface area (Å²) in [5.41, 5.74) is 2.57. The van der Waals surface area contributed by atoms with Crippen LogP contribution in [0.5, 0.6) is 0 Å². The molecule has 0 bridgehead atoms. The lowest BCUT2D eigenvalue weighted by atomic mass is 9.99. The van der Waals surface area contributed by atoms with E-state index >= 15 is 0 Å². The van der Waals surface area contributed by atoms with Crippen LogP contribution < -0.4 is 5.32 Å². The third-order valence-corrected chi connectivity index (χ3v) is 4.64. The highest BCUT2D eigenvalue weighted by Crippen LogP contribution is 2.29. The molecule has 1 atom stereocenters. The summed E-state index contributed by atoms with van der Waals surface area (Å²) in [5, 5.41) is 2.87. The van der Waals surface area contributed by atoms with Crippen molar-refractivity contribution in [3.05, 3.63) is 65.2 Å². The van der Waals surface area contributed by atoms with E-state index in [1.54, 1.807) is 24.3 Å². The zero-order chi connectivity index (χ0) is 16.7. The molecule has 0 fully saturated rings. The van der Waals surface area contributed by atoms with E-state index < -0.39 is 6.04 Å². The monoisotopic (exact) mass is 320 g/mol. The standard InChI is InChI=1S/C19H16N2O3/c22-17-16(11-5-7-12-6-1-4-10-15(12)20-17)21-18(23)13-8-2-3-9-14(13)19(21)24/h1-4,6,8-10,16H,5,7,11H2,(H,20,22). The average Bonchev–Trinajstić information content (AvgIpc) is 2.83. The minimum Gasteiger partial charge on any atom is -0.324 e. The van der Waals surface area contributed by atoms with E-state index in [-0.39, 0.29) is 17.7 Å². The van der Waals surface area contributed by atoms with Crippen molar-refractivity contribution in [3.63, 3.8) is 0 Å². The van der Waals surface area contributed by atoms with Gasteiger partial charge in [-0.2, -0.15) is 0 Å². The third kappa shape index (κ3) is 2.21. The number of fused-ring (bicyclic) bond motifs is 2. The van der Waals surface area contributed by atoms with Gasteiger partial charge >= 0.3 is 0 Å². The van der Waals surface area contributed by atoms with Crippen LogP contribution in [0.3, 0.4) is 0 Å². The Bertz CT molecular complexity index is 824. The van der Waals surface area contributed by atoms with Gasteiger partial charge < -0.3 is 5.32 Å². The van der Waals surface area contributed by atoms with Gasteiger partial charge in [-0.1, -0.05) is 30.3 Å². The van der Waals surface area contributed by atoms with Crippen molar-refractivity contribution in [1.82, 2.24) is 4.90 Å². The first kappa shape index (κ1) is 14.6. The Kier molecular flexibility index (Phi) is 3.41. The number of para-hydroxylation sites is 1. The maximum atomic E-state index is 12.7. The predicted molar refractivity (Wildman–Crippen MR) is 88.7 cm³/mol. The zero-order valence-corrected chi connectivity index (χ0v) is 13.0. The summed E-state index contributed by atoms with van der Waals surface area (Å²) in [6.45, 7) is 0. The number of hydrogen-bond acceptors (Lipinski definition) is 3. The number of aryl methyl sites for hydroxylation is 1. The molecule has 1 unspecified atom stereocenters. The van der Waals surface area contributed by atoms with Crippen LogP contribution in [-0.4, -0.2) is 28.7 Å². The van der Waals surface area contributed by atoms with Crippen LogP contribution in [0.1, 0.15) is 39.1 Å². The Hall–Kier alpha value is -2.95. The second-order valence-corrected chi connectivity index (χ2v) is 6.08. The lowest BCUT2D eigenvalue weighted by molar-refractivity contribution is -0.120. The van der Waals surface area contributed by atoms with Gasteiger partial charge in [-0.3, -0.25) is 19.3 Å². The summed E-state index contributed by atoms with van der Waals surface area (Å²) in [6.07, 6.45) is 2.00. The topological polar surface area (TPSA) is 66.5 Å². The van der Waals surface area contributed by atoms with Gasteiger partial charge in [-0.05, 0) is 43.0 Å². The number of hydrogen-bond donors (Lipinski definition) is 1. The maximum Gasteiger partial charge on any atom is 0.262 e. The smallest absolute Gasteiger partial charge is 0.262 e. The van der Waals surface area contributed by atoms with E-state index in [4.69, 9.17) is 0 Å². The number of nitrogens with zero attached hydrogens (tertiary/aromatic N) is 1. The van der Waals surface area contributed by atoms with Crippen LogP contribution in [0.15, 0.2) is 48.5 Å². The number of carbonyl (C=O) groups excluding carboxylic acids is 3. The molecule has 2 aliphatic rings. The van der Waals surface area contributed by atoms with Crippen LogP contribution in [0.25, 0.3) is 0 Å². The first-order chi connectivity index (χ1) is 11.7. The van der Waals surface area contributed by atoms with E-state index in [2.05, 4.69) is 5.32 Å². The molecule has 0 saturated carbocycles.